The summed E-state index contributed by atoms with van der Waals surface area (Å²) in [7, 11) is 0. The zero-order chi connectivity index (χ0) is 7.40. The first kappa shape index (κ1) is 6.73. The molecule has 0 aliphatic heterocycles. The Bertz CT molecular complexity index is 197. The number of H-pyrrole nitrogens is 1. The lowest BCUT2D eigenvalue weighted by Gasteiger charge is -2.02. The molecular weight excluding hydrogens is 134 g/mol. The van der Waals surface area contributed by atoms with Crippen molar-refractivity contribution in [1.29, 1.82) is 0 Å². The zero-order valence-electron chi connectivity index (χ0n) is 5.44. The van der Waals surface area contributed by atoms with Gasteiger partial charge < -0.3 is 4.74 Å². The van der Waals surface area contributed by atoms with Gasteiger partial charge >= 0.3 is 0 Å². The van der Waals surface area contributed by atoms with Crippen LogP contribution in [0.4, 0.5) is 0 Å². The van der Waals surface area contributed by atoms with E-state index in [4.69, 9.17) is 0 Å². The Morgan fingerprint density at radius 3 is 3.20 bits per heavy atom. The summed E-state index contributed by atoms with van der Waals surface area (Å²) >= 11 is 0. The normalized spacial score (nSPS) is 12.5. The van der Waals surface area contributed by atoms with Crippen LogP contribution >= 0.6 is 0 Å². The third kappa shape index (κ3) is 1.31. The van der Waals surface area contributed by atoms with Crippen LogP contribution in [0.2, 0.25) is 0 Å². The van der Waals surface area contributed by atoms with Crippen LogP contribution in [0, 0.1) is 0 Å². The molecule has 1 atom stereocenters. The molecule has 0 bridgehead atoms. The summed E-state index contributed by atoms with van der Waals surface area (Å²) in [6.07, 6.45) is 1.19. The van der Waals surface area contributed by atoms with Gasteiger partial charge in [-0.25, -0.2) is 0 Å². The second-order valence-electron chi connectivity index (χ2n) is 1.77. The quantitative estimate of drug-likeness (QED) is 0.603. The average Bonchev–Trinajstić information content (AvgIpc) is 2.38. The number of aromatic amines is 1. The van der Waals surface area contributed by atoms with E-state index in [0.29, 0.717) is 12.2 Å². The fourth-order valence-corrected chi connectivity index (χ4v) is 0.559. The number of rotatable bonds is 3. The summed E-state index contributed by atoms with van der Waals surface area (Å²) in [5, 5.41) is 9.68. The zero-order valence-corrected chi connectivity index (χ0v) is 5.44. The fourth-order valence-electron chi connectivity index (χ4n) is 0.559. The molecule has 1 unspecified atom stereocenters. The Morgan fingerprint density at radius 2 is 2.70 bits per heavy atom. The molecule has 0 fully saturated rings. The van der Waals surface area contributed by atoms with Gasteiger partial charge in [0.05, 0.1) is 6.20 Å². The third-order valence-electron chi connectivity index (χ3n) is 1.11. The molecule has 0 spiro atoms. The van der Waals surface area contributed by atoms with E-state index < -0.39 is 0 Å². The van der Waals surface area contributed by atoms with Crippen molar-refractivity contribution in [3.8, 4) is 0 Å². The molecule has 0 saturated carbocycles. The van der Waals surface area contributed by atoms with Crippen LogP contribution in [-0.2, 0) is 9.53 Å². The Hall–Kier alpha value is -1.39. The highest BCUT2D eigenvalue weighted by Crippen LogP contribution is 2.09. The van der Waals surface area contributed by atoms with Crippen LogP contribution in [-0.4, -0.2) is 21.9 Å². The number of carbonyl (C=O) groups is 1. The van der Waals surface area contributed by atoms with E-state index in [-0.39, 0.29) is 6.10 Å². The molecule has 5 nitrogen and oxygen atoms in total. The van der Waals surface area contributed by atoms with Crippen LogP contribution < -0.4 is 0 Å². The van der Waals surface area contributed by atoms with Crippen molar-refractivity contribution in [1.82, 2.24) is 15.4 Å². The number of nitrogens with one attached hydrogen (secondary N) is 1. The Morgan fingerprint density at radius 1 is 1.90 bits per heavy atom. The van der Waals surface area contributed by atoms with Gasteiger partial charge in [-0.15, -0.1) is 0 Å². The highest BCUT2D eigenvalue weighted by Gasteiger charge is 2.06. The molecule has 1 heterocycles. The molecule has 0 aliphatic carbocycles. The van der Waals surface area contributed by atoms with E-state index >= 15 is 0 Å². The maximum atomic E-state index is 9.83. The molecular formula is C5H7N3O2. The molecule has 10 heavy (non-hydrogen) atoms. The molecule has 5 heteroatoms. The number of carbonyl (C=O) groups excluding carboxylic acids is 1. The summed E-state index contributed by atoms with van der Waals surface area (Å²) in [5.74, 6) is 0. The molecule has 0 aliphatic rings. The minimum Gasteiger partial charge on any atom is -0.458 e. The first-order valence-corrected chi connectivity index (χ1v) is 2.79. The monoisotopic (exact) mass is 141 g/mol. The van der Waals surface area contributed by atoms with Gasteiger partial charge in [-0.1, -0.05) is 0 Å². The molecule has 1 rings (SSSR count). The van der Waals surface area contributed by atoms with Crippen LogP contribution in [0.5, 0.6) is 0 Å². The molecule has 0 aromatic carbocycles. The lowest BCUT2D eigenvalue weighted by molar-refractivity contribution is -0.133. The van der Waals surface area contributed by atoms with E-state index in [1.807, 2.05) is 0 Å². The van der Waals surface area contributed by atoms with Crippen molar-refractivity contribution in [2.24, 2.45) is 0 Å². The number of hydrogen-bond donors (Lipinski definition) is 1. The van der Waals surface area contributed by atoms with Crippen LogP contribution in [0.15, 0.2) is 6.20 Å². The third-order valence-corrected chi connectivity index (χ3v) is 1.11. The summed E-state index contributed by atoms with van der Waals surface area (Å²) in [4.78, 5) is 9.83. The molecule has 1 aromatic rings. The van der Waals surface area contributed by atoms with E-state index in [1.54, 1.807) is 6.92 Å². The highest BCUT2D eigenvalue weighted by atomic mass is 16.5. The average molecular weight is 141 g/mol. The summed E-state index contributed by atoms with van der Waals surface area (Å²) in [6.45, 7) is 2.10. The van der Waals surface area contributed by atoms with E-state index in [2.05, 4.69) is 20.1 Å². The Labute approximate surface area is 57.4 Å². The maximum absolute atomic E-state index is 9.83. The van der Waals surface area contributed by atoms with Crippen molar-refractivity contribution in [3.05, 3.63) is 11.9 Å². The van der Waals surface area contributed by atoms with Gasteiger partial charge in [0.1, 0.15) is 11.8 Å². The lowest BCUT2D eigenvalue weighted by atomic mass is 10.3. The second kappa shape index (κ2) is 2.95. The number of nitrogens with zero attached hydrogens (tertiary/aromatic N) is 2. The highest BCUT2D eigenvalue weighted by molar-refractivity contribution is 5.37. The maximum Gasteiger partial charge on any atom is 0.293 e. The predicted molar refractivity (Wildman–Crippen MR) is 31.9 cm³/mol. The summed E-state index contributed by atoms with van der Waals surface area (Å²) < 4.78 is 4.58. The lowest BCUT2D eigenvalue weighted by Crippen LogP contribution is -1.97. The predicted octanol–water partition coefficient (Wildman–Crippen LogP) is 0.0387. The van der Waals surface area contributed by atoms with Crippen molar-refractivity contribution in [2.75, 3.05) is 0 Å². The topological polar surface area (TPSA) is 67.9 Å². The first-order chi connectivity index (χ1) is 4.84. The fraction of sp³-hybridized carbons (Fsp3) is 0.400. The molecule has 54 valence electrons. The Kier molecular flexibility index (Phi) is 1.99. The summed E-state index contributed by atoms with van der Waals surface area (Å²) in [6, 6.07) is 0. The van der Waals surface area contributed by atoms with Crippen molar-refractivity contribution in [3.63, 3.8) is 0 Å². The number of hydrogen-bond acceptors (Lipinski definition) is 4. The molecule has 0 radical (unpaired) electrons. The second-order valence-corrected chi connectivity index (χ2v) is 1.77. The standard InChI is InChI=1S/C5H7N3O2/c1-4(10-3-9)5-2-6-8-7-5/h2-4H,1H3,(H,6,7,8). The SMILES string of the molecule is CC(OC=O)c1cn[nH]n1. The number of ether oxygens (including phenoxy) is 1. The van der Waals surface area contributed by atoms with Crippen molar-refractivity contribution in [2.45, 2.75) is 13.0 Å². The van der Waals surface area contributed by atoms with E-state index in [1.165, 1.54) is 6.20 Å². The van der Waals surface area contributed by atoms with Gasteiger partial charge in [-0.2, -0.15) is 15.4 Å². The van der Waals surface area contributed by atoms with Gasteiger partial charge in [0.15, 0.2) is 0 Å². The summed E-state index contributed by atoms with van der Waals surface area (Å²) in [5.41, 5.74) is 0.618. The van der Waals surface area contributed by atoms with Gasteiger partial charge in [-0.3, -0.25) is 4.79 Å². The van der Waals surface area contributed by atoms with Gasteiger partial charge in [0.25, 0.3) is 6.47 Å². The molecule has 1 N–H and O–H groups in total. The number of aromatic nitrogens is 3. The largest absolute Gasteiger partial charge is 0.458 e. The van der Waals surface area contributed by atoms with Crippen LogP contribution in [0.1, 0.15) is 18.7 Å². The van der Waals surface area contributed by atoms with Crippen LogP contribution in [0.3, 0.4) is 0 Å². The Balaban J connectivity index is 2.58. The van der Waals surface area contributed by atoms with Crippen LogP contribution in [0.25, 0.3) is 0 Å². The molecule has 0 saturated heterocycles. The minimum absolute atomic E-state index is 0.323. The van der Waals surface area contributed by atoms with Gasteiger partial charge in [-0.05, 0) is 6.92 Å². The smallest absolute Gasteiger partial charge is 0.293 e. The minimum atomic E-state index is -0.323. The molecule has 0 amide bonds. The van der Waals surface area contributed by atoms with Gasteiger partial charge in [0.2, 0.25) is 0 Å². The molecule has 1 aromatic heterocycles. The van der Waals surface area contributed by atoms with E-state index in [0.717, 1.165) is 0 Å². The van der Waals surface area contributed by atoms with Gasteiger partial charge in [0, 0.05) is 0 Å². The van der Waals surface area contributed by atoms with Crippen molar-refractivity contribution < 1.29 is 9.53 Å². The van der Waals surface area contributed by atoms with Crippen molar-refractivity contribution >= 4 is 6.47 Å². The first-order valence-electron chi connectivity index (χ1n) is 2.79. The van der Waals surface area contributed by atoms with E-state index in [9.17, 15) is 4.79 Å².